The van der Waals surface area contributed by atoms with Gasteiger partial charge in [-0.3, -0.25) is 0 Å². The Morgan fingerprint density at radius 1 is 0.600 bits per heavy atom. The molecule has 0 heterocycles. The van der Waals surface area contributed by atoms with Gasteiger partial charge in [-0.05, 0) is 84.0 Å². The van der Waals surface area contributed by atoms with Crippen molar-refractivity contribution in [2.75, 3.05) is 0 Å². The van der Waals surface area contributed by atoms with Gasteiger partial charge in [0.1, 0.15) is 5.82 Å². The summed E-state index contributed by atoms with van der Waals surface area (Å²) < 4.78 is 15.2. The summed E-state index contributed by atoms with van der Waals surface area (Å²) in [7, 11) is 0. The number of rotatable bonds is 9. The van der Waals surface area contributed by atoms with E-state index in [4.69, 9.17) is 0 Å². The van der Waals surface area contributed by atoms with Gasteiger partial charge in [0.25, 0.3) is 0 Å². The van der Waals surface area contributed by atoms with E-state index >= 15 is 4.39 Å². The van der Waals surface area contributed by atoms with Gasteiger partial charge in [-0.25, -0.2) is 4.39 Å². The molecule has 4 aromatic carbocycles. The molecule has 35 heavy (non-hydrogen) atoms. The molecule has 4 aromatic rings. The minimum absolute atomic E-state index is 0.110. The highest BCUT2D eigenvalue weighted by molar-refractivity contribution is 5.85. The molecule has 0 saturated heterocycles. The first-order valence-electron chi connectivity index (χ1n) is 13.1. The number of halogens is 1. The maximum absolute atomic E-state index is 15.2. The van der Waals surface area contributed by atoms with Crippen LogP contribution in [0.2, 0.25) is 0 Å². The lowest BCUT2D eigenvalue weighted by Crippen LogP contribution is -1.96. The van der Waals surface area contributed by atoms with E-state index in [0.717, 1.165) is 41.3 Å². The molecule has 4 rings (SSSR count). The largest absolute Gasteiger partial charge is 0.206 e. The molecular formula is C34H35F. The van der Waals surface area contributed by atoms with Crippen LogP contribution in [0.3, 0.4) is 0 Å². The van der Waals surface area contributed by atoms with Gasteiger partial charge in [-0.15, -0.1) is 0 Å². The second-order valence-corrected chi connectivity index (χ2v) is 9.40. The molecule has 0 nitrogen and oxygen atoms in total. The summed E-state index contributed by atoms with van der Waals surface area (Å²) in [4.78, 5) is 0. The summed E-state index contributed by atoms with van der Waals surface area (Å²) in [5.74, 6) is 6.40. The number of fused-ring (bicyclic) bond motifs is 1. The maximum atomic E-state index is 15.2. The second kappa shape index (κ2) is 12.4. The van der Waals surface area contributed by atoms with Gasteiger partial charge in [-0.1, -0.05) is 99.5 Å². The van der Waals surface area contributed by atoms with Crippen LogP contribution in [0.4, 0.5) is 4.39 Å². The lowest BCUT2D eigenvalue weighted by Gasteiger charge is -2.08. The standard InChI is InChI=1S/C34H35F/c1-3-5-6-7-8-27-13-15-28(16-14-27)17-18-30-20-24-33-32(25-30)23-22-31(34(33)35)21-19-29-11-9-26(4-2)10-12-29/h9-16,20,22-25H,3-8,19,21H2,1-2H3. The molecule has 0 bridgehead atoms. The minimum atomic E-state index is -0.110. The molecule has 0 atom stereocenters. The summed E-state index contributed by atoms with van der Waals surface area (Å²) >= 11 is 0. The van der Waals surface area contributed by atoms with Crippen molar-refractivity contribution in [1.82, 2.24) is 0 Å². The van der Waals surface area contributed by atoms with Crippen LogP contribution in [0.15, 0.2) is 78.9 Å². The second-order valence-electron chi connectivity index (χ2n) is 9.40. The summed E-state index contributed by atoms with van der Waals surface area (Å²) in [5, 5.41) is 1.56. The SMILES string of the molecule is CCCCCCc1ccc(C#Cc2ccc3c(F)c(CCc4ccc(CC)cc4)ccc3c2)cc1. The average Bonchev–Trinajstić information content (AvgIpc) is 2.90. The topological polar surface area (TPSA) is 0 Å². The van der Waals surface area contributed by atoms with E-state index in [1.165, 1.54) is 42.4 Å². The van der Waals surface area contributed by atoms with E-state index in [0.29, 0.717) is 11.8 Å². The van der Waals surface area contributed by atoms with Crippen LogP contribution in [0.1, 0.15) is 72.9 Å². The normalized spacial score (nSPS) is 10.8. The average molecular weight is 463 g/mol. The Kier molecular flexibility index (Phi) is 8.74. The summed E-state index contributed by atoms with van der Waals surface area (Å²) in [5.41, 5.74) is 6.64. The van der Waals surface area contributed by atoms with Gasteiger partial charge in [0.2, 0.25) is 0 Å². The van der Waals surface area contributed by atoms with E-state index in [1.54, 1.807) is 0 Å². The zero-order valence-electron chi connectivity index (χ0n) is 21.0. The van der Waals surface area contributed by atoms with Crippen molar-refractivity contribution in [2.24, 2.45) is 0 Å². The van der Waals surface area contributed by atoms with E-state index in [1.807, 2.05) is 30.3 Å². The fourth-order valence-electron chi connectivity index (χ4n) is 4.48. The first-order chi connectivity index (χ1) is 17.2. The minimum Gasteiger partial charge on any atom is -0.206 e. The summed E-state index contributed by atoms with van der Waals surface area (Å²) in [6.45, 7) is 4.40. The Labute approximate surface area is 210 Å². The van der Waals surface area contributed by atoms with Crippen LogP contribution in [0.5, 0.6) is 0 Å². The van der Waals surface area contributed by atoms with Crippen molar-refractivity contribution in [3.05, 3.63) is 118 Å². The number of hydrogen-bond acceptors (Lipinski definition) is 0. The first-order valence-corrected chi connectivity index (χ1v) is 13.1. The van der Waals surface area contributed by atoms with Crippen molar-refractivity contribution in [3.63, 3.8) is 0 Å². The molecule has 0 aliphatic heterocycles. The monoisotopic (exact) mass is 462 g/mol. The smallest absolute Gasteiger partial charge is 0.134 e. The Bertz CT molecular complexity index is 1300. The van der Waals surface area contributed by atoms with Crippen LogP contribution in [-0.4, -0.2) is 0 Å². The predicted octanol–water partition coefficient (Wildman–Crippen LogP) is 8.85. The third-order valence-corrected chi connectivity index (χ3v) is 6.77. The molecule has 0 radical (unpaired) electrons. The number of aryl methyl sites for hydroxylation is 4. The van der Waals surface area contributed by atoms with Gasteiger partial charge >= 0.3 is 0 Å². The first kappa shape index (κ1) is 24.7. The van der Waals surface area contributed by atoms with Crippen molar-refractivity contribution in [3.8, 4) is 11.8 Å². The van der Waals surface area contributed by atoms with E-state index in [9.17, 15) is 0 Å². The van der Waals surface area contributed by atoms with Crippen molar-refractivity contribution in [1.29, 1.82) is 0 Å². The highest BCUT2D eigenvalue weighted by Crippen LogP contribution is 2.24. The number of benzene rings is 4. The zero-order chi connectivity index (χ0) is 24.5. The van der Waals surface area contributed by atoms with E-state index < -0.39 is 0 Å². The fraction of sp³-hybridized carbons (Fsp3) is 0.294. The molecule has 1 heteroatoms. The van der Waals surface area contributed by atoms with Gasteiger partial charge in [-0.2, -0.15) is 0 Å². The highest BCUT2D eigenvalue weighted by Gasteiger charge is 2.08. The van der Waals surface area contributed by atoms with E-state index in [2.05, 4.69) is 74.2 Å². The molecule has 0 aliphatic carbocycles. The van der Waals surface area contributed by atoms with Crippen molar-refractivity contribution < 1.29 is 4.39 Å². The fourth-order valence-corrected chi connectivity index (χ4v) is 4.48. The van der Waals surface area contributed by atoms with Crippen LogP contribution in [-0.2, 0) is 25.7 Å². The number of unbranched alkanes of at least 4 members (excludes halogenated alkanes) is 3. The van der Waals surface area contributed by atoms with Crippen molar-refractivity contribution in [2.45, 2.75) is 65.2 Å². The molecular weight excluding hydrogens is 427 g/mol. The maximum Gasteiger partial charge on any atom is 0.134 e. The molecule has 0 aromatic heterocycles. The summed E-state index contributed by atoms with van der Waals surface area (Å²) in [6.07, 6.45) is 8.85. The third kappa shape index (κ3) is 6.83. The quantitative estimate of drug-likeness (QED) is 0.172. The molecule has 0 spiro atoms. The summed E-state index contributed by atoms with van der Waals surface area (Å²) in [6, 6.07) is 26.9. The molecule has 178 valence electrons. The van der Waals surface area contributed by atoms with Crippen molar-refractivity contribution >= 4 is 10.8 Å². The molecule has 0 aliphatic rings. The van der Waals surface area contributed by atoms with Gasteiger partial charge in [0.15, 0.2) is 0 Å². The zero-order valence-corrected chi connectivity index (χ0v) is 21.0. The number of hydrogen-bond donors (Lipinski definition) is 0. The Morgan fingerprint density at radius 3 is 2.00 bits per heavy atom. The van der Waals surface area contributed by atoms with Gasteiger partial charge in [0, 0.05) is 16.5 Å². The Morgan fingerprint density at radius 2 is 1.26 bits per heavy atom. The van der Waals surface area contributed by atoms with Crippen LogP contribution < -0.4 is 0 Å². The molecule has 0 N–H and O–H groups in total. The Balaban J connectivity index is 1.41. The third-order valence-electron chi connectivity index (χ3n) is 6.77. The van der Waals surface area contributed by atoms with Gasteiger partial charge < -0.3 is 0 Å². The van der Waals surface area contributed by atoms with Crippen LogP contribution in [0, 0.1) is 17.7 Å². The van der Waals surface area contributed by atoms with Crippen LogP contribution >= 0.6 is 0 Å². The highest BCUT2D eigenvalue weighted by atomic mass is 19.1. The molecule has 0 fully saturated rings. The lowest BCUT2D eigenvalue weighted by molar-refractivity contribution is 0.620. The Hall–Kier alpha value is -3.37. The predicted molar refractivity (Wildman–Crippen MR) is 147 cm³/mol. The van der Waals surface area contributed by atoms with Crippen LogP contribution in [0.25, 0.3) is 10.8 Å². The lowest BCUT2D eigenvalue weighted by atomic mass is 9.98. The molecule has 0 saturated carbocycles. The van der Waals surface area contributed by atoms with E-state index in [-0.39, 0.29) is 5.82 Å². The molecule has 0 amide bonds. The molecule has 0 unspecified atom stereocenters. The van der Waals surface area contributed by atoms with Gasteiger partial charge in [0.05, 0.1) is 0 Å².